The van der Waals surface area contributed by atoms with Crippen molar-refractivity contribution in [2.75, 3.05) is 6.54 Å². The highest BCUT2D eigenvalue weighted by Gasteiger charge is 2.21. The van der Waals surface area contributed by atoms with Crippen LogP contribution in [0, 0.1) is 0 Å². The average molecular weight is 223 g/mol. The lowest BCUT2D eigenvalue weighted by Gasteiger charge is -2.11. The molecule has 0 saturated heterocycles. The summed E-state index contributed by atoms with van der Waals surface area (Å²) in [6.07, 6.45) is 3.85. The van der Waals surface area contributed by atoms with E-state index in [1.54, 1.807) is 0 Å². The Kier molecular flexibility index (Phi) is 3.61. The quantitative estimate of drug-likeness (QED) is 0.744. The monoisotopic (exact) mass is 223 g/mol. The first-order chi connectivity index (χ1) is 7.69. The molecule has 0 radical (unpaired) electrons. The molecule has 1 fully saturated rings. The SMILES string of the molecule is CCc1cc(CC(O)CNC2CC2)n(C)n1. The van der Waals surface area contributed by atoms with Gasteiger partial charge in [0.15, 0.2) is 0 Å². The van der Waals surface area contributed by atoms with Crippen molar-refractivity contribution >= 4 is 0 Å². The number of rotatable bonds is 6. The van der Waals surface area contributed by atoms with Gasteiger partial charge in [-0.3, -0.25) is 4.68 Å². The van der Waals surface area contributed by atoms with Crippen LogP contribution in [-0.2, 0) is 19.9 Å². The molecule has 0 aromatic carbocycles. The van der Waals surface area contributed by atoms with Gasteiger partial charge < -0.3 is 10.4 Å². The van der Waals surface area contributed by atoms with Crippen LogP contribution in [0.2, 0.25) is 0 Å². The van der Waals surface area contributed by atoms with Gasteiger partial charge in [0.05, 0.1) is 11.8 Å². The van der Waals surface area contributed by atoms with E-state index in [1.807, 2.05) is 11.7 Å². The predicted molar refractivity (Wildman–Crippen MR) is 63.3 cm³/mol. The summed E-state index contributed by atoms with van der Waals surface area (Å²) < 4.78 is 1.87. The van der Waals surface area contributed by atoms with Gasteiger partial charge in [-0.1, -0.05) is 6.92 Å². The van der Waals surface area contributed by atoms with Crippen LogP contribution in [0.15, 0.2) is 6.07 Å². The number of aryl methyl sites for hydroxylation is 2. The summed E-state index contributed by atoms with van der Waals surface area (Å²) in [6.45, 7) is 2.79. The third-order valence-corrected chi connectivity index (χ3v) is 3.05. The molecule has 1 atom stereocenters. The number of hydrogen-bond acceptors (Lipinski definition) is 3. The van der Waals surface area contributed by atoms with Crippen LogP contribution >= 0.6 is 0 Å². The zero-order valence-electron chi connectivity index (χ0n) is 10.1. The highest BCUT2D eigenvalue weighted by atomic mass is 16.3. The van der Waals surface area contributed by atoms with Crippen molar-refractivity contribution in [3.05, 3.63) is 17.5 Å². The molecule has 0 amide bonds. The van der Waals surface area contributed by atoms with Crippen molar-refractivity contribution in [3.8, 4) is 0 Å². The Morgan fingerprint density at radius 1 is 1.62 bits per heavy atom. The molecule has 1 aliphatic carbocycles. The average Bonchev–Trinajstić information content (AvgIpc) is 3.02. The standard InChI is InChI=1S/C12H21N3O/c1-3-9-6-11(15(2)14-9)7-12(16)8-13-10-4-5-10/h6,10,12-13,16H,3-5,7-8H2,1-2H3. The molecule has 1 aromatic rings. The number of hydrogen-bond donors (Lipinski definition) is 2. The van der Waals surface area contributed by atoms with E-state index >= 15 is 0 Å². The van der Waals surface area contributed by atoms with E-state index in [0.29, 0.717) is 19.0 Å². The van der Waals surface area contributed by atoms with Gasteiger partial charge in [-0.2, -0.15) is 5.10 Å². The van der Waals surface area contributed by atoms with Gasteiger partial charge in [0.1, 0.15) is 0 Å². The maximum Gasteiger partial charge on any atom is 0.0719 e. The Morgan fingerprint density at radius 3 is 2.94 bits per heavy atom. The normalized spacial score (nSPS) is 17.7. The topological polar surface area (TPSA) is 50.1 Å². The van der Waals surface area contributed by atoms with Crippen molar-refractivity contribution in [3.63, 3.8) is 0 Å². The van der Waals surface area contributed by atoms with Gasteiger partial charge >= 0.3 is 0 Å². The molecule has 90 valence electrons. The number of nitrogens with zero attached hydrogens (tertiary/aromatic N) is 2. The van der Waals surface area contributed by atoms with Gasteiger partial charge in [0, 0.05) is 31.7 Å². The molecule has 1 unspecified atom stereocenters. The summed E-state index contributed by atoms with van der Waals surface area (Å²) in [7, 11) is 1.94. The van der Waals surface area contributed by atoms with Gasteiger partial charge in [0.25, 0.3) is 0 Å². The summed E-state index contributed by atoms with van der Waals surface area (Å²) in [5, 5.41) is 17.6. The number of aliphatic hydroxyl groups is 1. The van der Waals surface area contributed by atoms with Gasteiger partial charge in [-0.15, -0.1) is 0 Å². The molecular formula is C12H21N3O. The molecule has 4 heteroatoms. The fourth-order valence-corrected chi connectivity index (χ4v) is 1.84. The lowest BCUT2D eigenvalue weighted by atomic mass is 10.2. The second kappa shape index (κ2) is 4.97. The number of aliphatic hydroxyl groups excluding tert-OH is 1. The molecule has 16 heavy (non-hydrogen) atoms. The van der Waals surface area contributed by atoms with E-state index in [9.17, 15) is 5.11 Å². The van der Waals surface area contributed by atoms with E-state index in [4.69, 9.17) is 0 Å². The van der Waals surface area contributed by atoms with Crippen LogP contribution in [0.4, 0.5) is 0 Å². The lowest BCUT2D eigenvalue weighted by Crippen LogP contribution is -2.30. The summed E-state index contributed by atoms with van der Waals surface area (Å²) in [4.78, 5) is 0. The fourth-order valence-electron chi connectivity index (χ4n) is 1.84. The van der Waals surface area contributed by atoms with E-state index in [1.165, 1.54) is 12.8 Å². The second-order valence-electron chi connectivity index (χ2n) is 4.64. The van der Waals surface area contributed by atoms with Crippen LogP contribution in [0.3, 0.4) is 0 Å². The van der Waals surface area contributed by atoms with E-state index in [2.05, 4.69) is 23.4 Å². The largest absolute Gasteiger partial charge is 0.391 e. The molecule has 1 aromatic heterocycles. The molecule has 1 heterocycles. The lowest BCUT2D eigenvalue weighted by molar-refractivity contribution is 0.169. The molecule has 0 bridgehead atoms. The first kappa shape index (κ1) is 11.6. The highest BCUT2D eigenvalue weighted by Crippen LogP contribution is 2.18. The first-order valence-corrected chi connectivity index (χ1v) is 6.12. The van der Waals surface area contributed by atoms with Crippen LogP contribution in [0.1, 0.15) is 31.2 Å². The summed E-state index contributed by atoms with van der Waals surface area (Å²) in [5.41, 5.74) is 2.21. The minimum atomic E-state index is -0.305. The first-order valence-electron chi connectivity index (χ1n) is 6.12. The van der Waals surface area contributed by atoms with E-state index in [0.717, 1.165) is 17.8 Å². The van der Waals surface area contributed by atoms with Gasteiger partial charge in [-0.25, -0.2) is 0 Å². The molecule has 0 spiro atoms. The molecule has 2 rings (SSSR count). The summed E-state index contributed by atoms with van der Waals surface area (Å²) in [5.74, 6) is 0. The van der Waals surface area contributed by atoms with Gasteiger partial charge in [-0.05, 0) is 25.3 Å². The van der Waals surface area contributed by atoms with Crippen LogP contribution in [0.5, 0.6) is 0 Å². The number of nitrogens with one attached hydrogen (secondary N) is 1. The van der Waals surface area contributed by atoms with Crippen LogP contribution in [-0.4, -0.2) is 33.6 Å². The Balaban J connectivity index is 1.83. The second-order valence-corrected chi connectivity index (χ2v) is 4.64. The van der Waals surface area contributed by atoms with Crippen molar-refractivity contribution in [1.82, 2.24) is 15.1 Å². The minimum absolute atomic E-state index is 0.305. The molecule has 0 aliphatic heterocycles. The Morgan fingerprint density at radius 2 is 2.38 bits per heavy atom. The maximum absolute atomic E-state index is 9.88. The van der Waals surface area contributed by atoms with Crippen molar-refractivity contribution in [1.29, 1.82) is 0 Å². The predicted octanol–water partition coefficient (Wildman–Crippen LogP) is 0.638. The van der Waals surface area contributed by atoms with Crippen molar-refractivity contribution in [2.45, 2.75) is 44.8 Å². The zero-order chi connectivity index (χ0) is 11.5. The van der Waals surface area contributed by atoms with E-state index < -0.39 is 0 Å². The zero-order valence-corrected chi connectivity index (χ0v) is 10.1. The molecule has 2 N–H and O–H groups in total. The Bertz CT molecular complexity index is 344. The Labute approximate surface area is 96.7 Å². The number of aromatic nitrogens is 2. The highest BCUT2D eigenvalue weighted by molar-refractivity contribution is 5.11. The van der Waals surface area contributed by atoms with Gasteiger partial charge in [0.2, 0.25) is 0 Å². The molecular weight excluding hydrogens is 202 g/mol. The minimum Gasteiger partial charge on any atom is -0.391 e. The molecule has 4 nitrogen and oxygen atoms in total. The fraction of sp³-hybridized carbons (Fsp3) is 0.750. The van der Waals surface area contributed by atoms with E-state index in [-0.39, 0.29) is 6.10 Å². The maximum atomic E-state index is 9.88. The smallest absolute Gasteiger partial charge is 0.0719 e. The third kappa shape index (κ3) is 3.06. The summed E-state index contributed by atoms with van der Waals surface area (Å²) in [6, 6.07) is 2.74. The van der Waals surface area contributed by atoms with Crippen LogP contribution in [0.25, 0.3) is 0 Å². The molecule has 1 aliphatic rings. The Hall–Kier alpha value is -0.870. The third-order valence-electron chi connectivity index (χ3n) is 3.05. The summed E-state index contributed by atoms with van der Waals surface area (Å²) >= 11 is 0. The molecule has 1 saturated carbocycles. The van der Waals surface area contributed by atoms with Crippen molar-refractivity contribution in [2.24, 2.45) is 7.05 Å². The van der Waals surface area contributed by atoms with Crippen LogP contribution < -0.4 is 5.32 Å². The van der Waals surface area contributed by atoms with Crippen molar-refractivity contribution < 1.29 is 5.11 Å².